The fourth-order valence-corrected chi connectivity index (χ4v) is 3.30. The van der Waals surface area contributed by atoms with Crippen LogP contribution in [0.2, 0.25) is 0 Å². The second kappa shape index (κ2) is 7.06. The van der Waals surface area contributed by atoms with Gasteiger partial charge in [0.05, 0.1) is 24.3 Å². The summed E-state index contributed by atoms with van der Waals surface area (Å²) in [7, 11) is 3.14. The molecule has 0 aliphatic rings. The lowest BCUT2D eigenvalue weighted by atomic mass is 10.1. The predicted molar refractivity (Wildman–Crippen MR) is 93.9 cm³/mol. The van der Waals surface area contributed by atoms with E-state index in [1.165, 1.54) is 24.9 Å². The zero-order valence-corrected chi connectivity index (χ0v) is 14.9. The lowest BCUT2D eigenvalue weighted by Crippen LogP contribution is -2.16. The highest BCUT2D eigenvalue weighted by atomic mass is 32.2. The second-order valence-electron chi connectivity index (χ2n) is 5.49. The number of rotatable bonds is 5. The maximum absolute atomic E-state index is 12.4. The van der Waals surface area contributed by atoms with Crippen LogP contribution in [0.3, 0.4) is 0 Å². The van der Waals surface area contributed by atoms with Crippen LogP contribution in [0.4, 0.5) is 0 Å². The van der Waals surface area contributed by atoms with E-state index in [0.29, 0.717) is 10.9 Å². The Morgan fingerprint density at radius 2 is 2.20 bits per heavy atom. The second-order valence-corrected chi connectivity index (χ2v) is 6.58. The fourth-order valence-electron chi connectivity index (χ4n) is 2.45. The van der Waals surface area contributed by atoms with Crippen molar-refractivity contribution in [2.45, 2.75) is 18.5 Å². The van der Waals surface area contributed by atoms with E-state index in [9.17, 15) is 9.59 Å². The molecule has 0 fully saturated rings. The number of carbonyl (C=O) groups excluding carboxylic acids is 1. The molecule has 130 valence electrons. The number of H-pyrrole nitrogens is 1. The molecule has 9 heteroatoms. The molecule has 1 N–H and O–H groups in total. The number of hydrogen-bond donors (Lipinski definition) is 1. The standard InChI is InChI=1S/C16H17N5O3S/c1-9-6-11(15(23)24-3)12-13(18-9)19-16(20-14(12)22)25-5-4-10-7-17-21(2)8-10/h6-8H,4-5H2,1-3H3,(H,18,19,20,22). The highest BCUT2D eigenvalue weighted by Gasteiger charge is 2.17. The van der Waals surface area contributed by atoms with E-state index in [1.807, 2.05) is 19.4 Å². The van der Waals surface area contributed by atoms with E-state index in [2.05, 4.69) is 20.1 Å². The van der Waals surface area contributed by atoms with Crippen molar-refractivity contribution in [3.8, 4) is 0 Å². The number of nitrogens with zero attached hydrogens (tertiary/aromatic N) is 4. The third-order valence-electron chi connectivity index (χ3n) is 3.58. The molecule has 0 saturated heterocycles. The van der Waals surface area contributed by atoms with Gasteiger partial charge < -0.3 is 9.72 Å². The van der Waals surface area contributed by atoms with E-state index in [-0.39, 0.29) is 16.6 Å². The largest absolute Gasteiger partial charge is 0.465 e. The van der Waals surface area contributed by atoms with Gasteiger partial charge in [-0.3, -0.25) is 9.48 Å². The minimum absolute atomic E-state index is 0.147. The summed E-state index contributed by atoms with van der Waals surface area (Å²) in [5, 5.41) is 4.74. The van der Waals surface area contributed by atoms with Crippen LogP contribution < -0.4 is 5.56 Å². The van der Waals surface area contributed by atoms with Crippen molar-refractivity contribution in [1.82, 2.24) is 24.7 Å². The molecule has 0 aliphatic heterocycles. The van der Waals surface area contributed by atoms with Crippen LogP contribution in [0.25, 0.3) is 11.0 Å². The number of thioether (sulfide) groups is 1. The van der Waals surface area contributed by atoms with Gasteiger partial charge in [0.2, 0.25) is 0 Å². The molecule has 0 atom stereocenters. The van der Waals surface area contributed by atoms with Crippen molar-refractivity contribution in [1.29, 1.82) is 0 Å². The zero-order valence-electron chi connectivity index (χ0n) is 14.1. The topological polar surface area (TPSA) is 103 Å². The van der Waals surface area contributed by atoms with Crippen molar-refractivity contribution in [2.75, 3.05) is 12.9 Å². The van der Waals surface area contributed by atoms with Crippen molar-refractivity contribution in [2.24, 2.45) is 7.05 Å². The molecule has 0 unspecified atom stereocenters. The summed E-state index contributed by atoms with van der Waals surface area (Å²) in [5.74, 6) is 0.148. The normalized spacial score (nSPS) is 11.0. The smallest absolute Gasteiger partial charge is 0.338 e. The Morgan fingerprint density at radius 1 is 1.40 bits per heavy atom. The molecule has 25 heavy (non-hydrogen) atoms. The number of methoxy groups -OCH3 is 1. The maximum Gasteiger partial charge on any atom is 0.338 e. The molecule has 3 heterocycles. The molecule has 0 spiro atoms. The Balaban J connectivity index is 1.88. The molecule has 0 aromatic carbocycles. The first-order valence-corrected chi connectivity index (χ1v) is 8.57. The number of aromatic nitrogens is 5. The van der Waals surface area contributed by atoms with Crippen LogP contribution in [0.1, 0.15) is 21.6 Å². The zero-order chi connectivity index (χ0) is 18.0. The maximum atomic E-state index is 12.4. The van der Waals surface area contributed by atoms with Crippen LogP contribution in [-0.4, -0.2) is 43.6 Å². The quantitative estimate of drug-likeness (QED) is 0.418. The van der Waals surface area contributed by atoms with Gasteiger partial charge in [0.1, 0.15) is 0 Å². The molecular weight excluding hydrogens is 342 g/mol. The first-order chi connectivity index (χ1) is 12.0. The molecule has 0 saturated carbocycles. The summed E-state index contributed by atoms with van der Waals surface area (Å²) in [6, 6.07) is 1.53. The monoisotopic (exact) mass is 359 g/mol. The highest BCUT2D eigenvalue weighted by Crippen LogP contribution is 2.18. The molecular formula is C16H17N5O3S. The van der Waals surface area contributed by atoms with E-state index >= 15 is 0 Å². The predicted octanol–water partition coefficient (Wildman–Crippen LogP) is 1.48. The third kappa shape index (κ3) is 3.71. The fraction of sp³-hybridized carbons (Fsp3) is 0.312. The van der Waals surface area contributed by atoms with Gasteiger partial charge >= 0.3 is 5.97 Å². The Hall–Kier alpha value is -2.68. The number of pyridine rings is 1. The van der Waals surface area contributed by atoms with Gasteiger partial charge in [-0.2, -0.15) is 5.10 Å². The van der Waals surface area contributed by atoms with Gasteiger partial charge in [-0.15, -0.1) is 0 Å². The number of nitrogens with one attached hydrogen (secondary N) is 1. The number of esters is 1. The number of aromatic amines is 1. The van der Waals surface area contributed by atoms with Gasteiger partial charge in [0.25, 0.3) is 5.56 Å². The summed E-state index contributed by atoms with van der Waals surface area (Å²) in [6.45, 7) is 1.74. The van der Waals surface area contributed by atoms with Gasteiger partial charge in [-0.05, 0) is 25.0 Å². The van der Waals surface area contributed by atoms with Crippen LogP contribution in [0, 0.1) is 6.92 Å². The van der Waals surface area contributed by atoms with Crippen molar-refractivity contribution >= 4 is 28.8 Å². The Labute approximate surface area is 147 Å². The Bertz CT molecular complexity index is 995. The average molecular weight is 359 g/mol. The summed E-state index contributed by atoms with van der Waals surface area (Å²) < 4.78 is 6.49. The molecule has 8 nitrogen and oxygen atoms in total. The van der Waals surface area contributed by atoms with Gasteiger partial charge in [-0.1, -0.05) is 11.8 Å². The summed E-state index contributed by atoms with van der Waals surface area (Å²) in [6.07, 6.45) is 4.56. The Kier molecular flexibility index (Phi) is 4.84. The molecule has 3 rings (SSSR count). The van der Waals surface area contributed by atoms with Gasteiger partial charge in [0.15, 0.2) is 10.8 Å². The van der Waals surface area contributed by atoms with Gasteiger partial charge in [0, 0.05) is 24.7 Å². The summed E-state index contributed by atoms with van der Waals surface area (Å²) >= 11 is 1.42. The van der Waals surface area contributed by atoms with Gasteiger partial charge in [-0.25, -0.2) is 14.8 Å². The van der Waals surface area contributed by atoms with Crippen LogP contribution in [0.5, 0.6) is 0 Å². The lowest BCUT2D eigenvalue weighted by molar-refractivity contribution is 0.0602. The molecule has 3 aromatic rings. The van der Waals surface area contributed by atoms with Crippen LogP contribution in [0.15, 0.2) is 28.4 Å². The molecule has 0 aliphatic carbocycles. The van der Waals surface area contributed by atoms with Crippen LogP contribution >= 0.6 is 11.8 Å². The van der Waals surface area contributed by atoms with E-state index in [0.717, 1.165) is 17.7 Å². The Morgan fingerprint density at radius 3 is 2.88 bits per heavy atom. The minimum atomic E-state index is -0.584. The highest BCUT2D eigenvalue weighted by molar-refractivity contribution is 7.99. The first kappa shape index (κ1) is 17.2. The SMILES string of the molecule is COC(=O)c1cc(C)nc2nc(SCCc3cnn(C)c3)[nH]c(=O)c12. The van der Waals surface area contributed by atoms with E-state index < -0.39 is 11.5 Å². The molecule has 0 bridgehead atoms. The van der Waals surface area contributed by atoms with E-state index in [4.69, 9.17) is 4.74 Å². The van der Waals surface area contributed by atoms with Crippen molar-refractivity contribution < 1.29 is 9.53 Å². The lowest BCUT2D eigenvalue weighted by Gasteiger charge is -2.06. The molecule has 0 radical (unpaired) electrons. The van der Waals surface area contributed by atoms with Crippen molar-refractivity contribution in [3.05, 3.63) is 45.6 Å². The first-order valence-electron chi connectivity index (χ1n) is 7.58. The number of carbonyl (C=O) groups is 1. The molecule has 0 amide bonds. The van der Waals surface area contributed by atoms with Crippen LogP contribution in [-0.2, 0) is 18.2 Å². The number of aryl methyl sites for hydroxylation is 3. The minimum Gasteiger partial charge on any atom is -0.465 e. The summed E-state index contributed by atoms with van der Waals surface area (Å²) in [4.78, 5) is 35.7. The third-order valence-corrected chi connectivity index (χ3v) is 4.45. The number of fused-ring (bicyclic) bond motifs is 1. The average Bonchev–Trinajstić information content (AvgIpc) is 2.98. The molecule has 3 aromatic heterocycles. The number of ether oxygens (including phenoxy) is 1. The van der Waals surface area contributed by atoms with Crippen molar-refractivity contribution in [3.63, 3.8) is 0 Å². The summed E-state index contributed by atoms with van der Waals surface area (Å²) in [5.41, 5.74) is 1.72. The van der Waals surface area contributed by atoms with E-state index in [1.54, 1.807) is 11.6 Å². The number of hydrogen-bond acceptors (Lipinski definition) is 7.